The van der Waals surface area contributed by atoms with E-state index in [0.717, 1.165) is 18.5 Å². The predicted octanol–water partition coefficient (Wildman–Crippen LogP) is 5.10. The van der Waals surface area contributed by atoms with E-state index in [1.807, 2.05) is 12.1 Å². The van der Waals surface area contributed by atoms with E-state index < -0.39 is 12.0 Å². The van der Waals surface area contributed by atoms with Gasteiger partial charge in [0, 0.05) is 6.54 Å². The minimum atomic E-state index is -0.719. The molecule has 1 N–H and O–H groups in total. The summed E-state index contributed by atoms with van der Waals surface area (Å²) in [5.41, 5.74) is 4.80. The molecule has 1 aliphatic heterocycles. The molecule has 1 aliphatic rings. The highest BCUT2D eigenvalue weighted by Crippen LogP contribution is 2.37. The molecular formula is C24H25NO2. The number of rotatable bonds is 4. The Morgan fingerprint density at radius 3 is 2.56 bits per heavy atom. The van der Waals surface area contributed by atoms with Crippen molar-refractivity contribution in [1.29, 1.82) is 0 Å². The zero-order chi connectivity index (χ0) is 19.0. The molecule has 27 heavy (non-hydrogen) atoms. The van der Waals surface area contributed by atoms with Gasteiger partial charge in [0.05, 0.1) is 6.04 Å². The second-order valence-corrected chi connectivity index (χ2v) is 7.60. The molecule has 1 heterocycles. The zero-order valence-electron chi connectivity index (χ0n) is 15.9. The Kier molecular flexibility index (Phi) is 4.71. The molecule has 2 atom stereocenters. The maximum absolute atomic E-state index is 11.9. The lowest BCUT2D eigenvalue weighted by Crippen LogP contribution is -2.39. The fraction of sp³-hybridized carbons (Fsp3) is 0.292. The van der Waals surface area contributed by atoms with Gasteiger partial charge >= 0.3 is 5.97 Å². The Labute approximate surface area is 160 Å². The standard InChI is InChI=1S/C24H25NO2/c1-16-9-12-21(17(2)14-16)23(25-13-5-8-22(25)24(26)27)20-11-10-18-6-3-4-7-19(18)15-20/h3-4,6-7,9-12,14-15,22-23H,5,8,13H2,1-2H3,(H,26,27). The van der Waals surface area contributed by atoms with E-state index in [1.165, 1.54) is 27.5 Å². The van der Waals surface area contributed by atoms with Crippen LogP contribution in [0.5, 0.6) is 0 Å². The van der Waals surface area contributed by atoms with Crippen LogP contribution in [-0.4, -0.2) is 28.6 Å². The number of aliphatic carboxylic acids is 1. The molecule has 0 radical (unpaired) electrons. The SMILES string of the molecule is Cc1ccc(C(c2ccc3ccccc3c2)N2CCCC2C(=O)O)c(C)c1. The minimum Gasteiger partial charge on any atom is -0.480 e. The summed E-state index contributed by atoms with van der Waals surface area (Å²) in [6.45, 7) is 5.03. The zero-order valence-corrected chi connectivity index (χ0v) is 15.9. The van der Waals surface area contributed by atoms with Gasteiger partial charge in [0.2, 0.25) is 0 Å². The number of hydrogen-bond donors (Lipinski definition) is 1. The van der Waals surface area contributed by atoms with Crippen LogP contribution < -0.4 is 0 Å². The number of hydrogen-bond acceptors (Lipinski definition) is 2. The fourth-order valence-corrected chi connectivity index (χ4v) is 4.42. The molecule has 0 aromatic heterocycles. The molecule has 0 aliphatic carbocycles. The molecule has 2 unspecified atom stereocenters. The minimum absolute atomic E-state index is 0.0428. The summed E-state index contributed by atoms with van der Waals surface area (Å²) in [5, 5.41) is 12.2. The van der Waals surface area contributed by atoms with Gasteiger partial charge in [0.1, 0.15) is 6.04 Å². The van der Waals surface area contributed by atoms with Crippen molar-refractivity contribution in [1.82, 2.24) is 4.90 Å². The van der Waals surface area contributed by atoms with E-state index in [9.17, 15) is 9.90 Å². The van der Waals surface area contributed by atoms with Crippen molar-refractivity contribution in [3.05, 3.63) is 82.9 Å². The molecule has 0 bridgehead atoms. The van der Waals surface area contributed by atoms with E-state index in [2.05, 4.69) is 67.3 Å². The van der Waals surface area contributed by atoms with E-state index in [4.69, 9.17) is 0 Å². The normalized spacial score (nSPS) is 18.7. The van der Waals surface area contributed by atoms with Crippen LogP contribution in [0, 0.1) is 13.8 Å². The lowest BCUT2D eigenvalue weighted by atomic mass is 9.91. The van der Waals surface area contributed by atoms with Crippen molar-refractivity contribution < 1.29 is 9.90 Å². The molecular weight excluding hydrogens is 334 g/mol. The quantitative estimate of drug-likeness (QED) is 0.705. The molecule has 0 spiro atoms. The van der Waals surface area contributed by atoms with Crippen molar-refractivity contribution >= 4 is 16.7 Å². The van der Waals surface area contributed by atoms with Crippen LogP contribution in [0.4, 0.5) is 0 Å². The summed E-state index contributed by atoms with van der Waals surface area (Å²) >= 11 is 0. The first-order valence-corrected chi connectivity index (χ1v) is 9.59. The molecule has 4 rings (SSSR count). The Balaban J connectivity index is 1.87. The number of nitrogens with zero attached hydrogens (tertiary/aromatic N) is 1. The summed E-state index contributed by atoms with van der Waals surface area (Å²) < 4.78 is 0. The second kappa shape index (κ2) is 7.16. The van der Waals surface area contributed by atoms with Gasteiger partial charge in [-0.1, -0.05) is 60.2 Å². The molecule has 3 aromatic rings. The van der Waals surface area contributed by atoms with Gasteiger partial charge in [0.15, 0.2) is 0 Å². The Morgan fingerprint density at radius 2 is 1.81 bits per heavy atom. The van der Waals surface area contributed by atoms with E-state index >= 15 is 0 Å². The smallest absolute Gasteiger partial charge is 0.320 e. The maximum Gasteiger partial charge on any atom is 0.320 e. The predicted molar refractivity (Wildman–Crippen MR) is 109 cm³/mol. The van der Waals surface area contributed by atoms with Crippen LogP contribution in [0.2, 0.25) is 0 Å². The van der Waals surface area contributed by atoms with Gasteiger partial charge in [-0.15, -0.1) is 0 Å². The molecule has 0 amide bonds. The number of aryl methyl sites for hydroxylation is 2. The molecule has 3 heteroatoms. The van der Waals surface area contributed by atoms with E-state index in [-0.39, 0.29) is 6.04 Å². The molecule has 1 saturated heterocycles. The molecule has 138 valence electrons. The third kappa shape index (κ3) is 3.35. The topological polar surface area (TPSA) is 40.5 Å². The number of benzene rings is 3. The first-order chi connectivity index (χ1) is 13.0. The van der Waals surface area contributed by atoms with Gasteiger partial charge in [-0.2, -0.15) is 0 Å². The van der Waals surface area contributed by atoms with Crippen molar-refractivity contribution in [3.63, 3.8) is 0 Å². The number of likely N-dealkylation sites (tertiary alicyclic amines) is 1. The Bertz CT molecular complexity index is 995. The van der Waals surface area contributed by atoms with E-state index in [0.29, 0.717) is 6.42 Å². The highest BCUT2D eigenvalue weighted by Gasteiger charge is 2.37. The Hall–Kier alpha value is -2.65. The molecule has 0 saturated carbocycles. The summed E-state index contributed by atoms with van der Waals surface area (Å²) in [6.07, 6.45) is 1.64. The van der Waals surface area contributed by atoms with Gasteiger partial charge in [0.25, 0.3) is 0 Å². The largest absolute Gasteiger partial charge is 0.480 e. The highest BCUT2D eigenvalue weighted by molar-refractivity contribution is 5.83. The van der Waals surface area contributed by atoms with Crippen molar-refractivity contribution in [2.75, 3.05) is 6.54 Å². The first-order valence-electron chi connectivity index (χ1n) is 9.59. The van der Waals surface area contributed by atoms with Crippen LogP contribution >= 0.6 is 0 Å². The van der Waals surface area contributed by atoms with Crippen LogP contribution in [-0.2, 0) is 4.79 Å². The number of carboxylic acid groups (broad SMARTS) is 1. The number of fused-ring (bicyclic) bond motifs is 1. The molecule has 3 aromatic carbocycles. The van der Waals surface area contributed by atoms with Crippen LogP contribution in [0.1, 0.15) is 41.1 Å². The lowest BCUT2D eigenvalue weighted by molar-refractivity contribution is -0.142. The van der Waals surface area contributed by atoms with Gasteiger partial charge < -0.3 is 5.11 Å². The van der Waals surface area contributed by atoms with E-state index in [1.54, 1.807) is 0 Å². The van der Waals surface area contributed by atoms with Crippen LogP contribution in [0.3, 0.4) is 0 Å². The molecule has 3 nitrogen and oxygen atoms in total. The molecule has 1 fully saturated rings. The maximum atomic E-state index is 11.9. The van der Waals surface area contributed by atoms with Crippen molar-refractivity contribution in [2.45, 2.75) is 38.8 Å². The summed E-state index contributed by atoms with van der Waals surface area (Å²) in [7, 11) is 0. The monoisotopic (exact) mass is 359 g/mol. The third-order valence-corrected chi connectivity index (χ3v) is 5.72. The fourth-order valence-electron chi connectivity index (χ4n) is 4.42. The van der Waals surface area contributed by atoms with Gasteiger partial charge in [-0.25, -0.2) is 0 Å². The van der Waals surface area contributed by atoms with Gasteiger partial charge in [-0.3, -0.25) is 9.69 Å². The lowest BCUT2D eigenvalue weighted by Gasteiger charge is -2.33. The highest BCUT2D eigenvalue weighted by atomic mass is 16.4. The van der Waals surface area contributed by atoms with Gasteiger partial charge in [-0.05, 0) is 60.2 Å². The summed E-state index contributed by atoms with van der Waals surface area (Å²) in [4.78, 5) is 14.1. The van der Waals surface area contributed by atoms with Crippen molar-refractivity contribution in [3.8, 4) is 0 Å². The van der Waals surface area contributed by atoms with Crippen LogP contribution in [0.15, 0.2) is 60.7 Å². The van der Waals surface area contributed by atoms with Crippen LogP contribution in [0.25, 0.3) is 10.8 Å². The Morgan fingerprint density at radius 1 is 1.04 bits per heavy atom. The average Bonchev–Trinajstić information content (AvgIpc) is 3.13. The summed E-state index contributed by atoms with van der Waals surface area (Å²) in [6, 6.07) is 20.9. The number of carboxylic acids is 1. The third-order valence-electron chi connectivity index (χ3n) is 5.72. The number of carbonyl (C=O) groups is 1. The van der Waals surface area contributed by atoms with Crippen molar-refractivity contribution in [2.24, 2.45) is 0 Å². The average molecular weight is 359 g/mol. The first kappa shape index (κ1) is 17.7. The second-order valence-electron chi connectivity index (χ2n) is 7.60. The summed E-state index contributed by atoms with van der Waals surface area (Å²) in [5.74, 6) is -0.719.